The summed E-state index contributed by atoms with van der Waals surface area (Å²) in [5, 5.41) is 0.948. The molecule has 0 aromatic heterocycles. The molecule has 0 bridgehead atoms. The molecule has 2 aromatic carbocycles. The van der Waals surface area contributed by atoms with Crippen molar-refractivity contribution < 1.29 is 4.39 Å². The number of hydrogen-bond donors (Lipinski definition) is 1. The zero-order chi connectivity index (χ0) is 12.4. The molecule has 0 fully saturated rings. The largest absolute Gasteiger partial charge is 0.320 e. The van der Waals surface area contributed by atoms with Crippen molar-refractivity contribution in [2.75, 3.05) is 0 Å². The summed E-state index contributed by atoms with van der Waals surface area (Å²) in [6.07, 6.45) is 0. The molecule has 17 heavy (non-hydrogen) atoms. The summed E-state index contributed by atoms with van der Waals surface area (Å²) in [5.74, 6) is -0.282. The third-order valence-corrected chi connectivity index (χ3v) is 3.27. The fourth-order valence-electron chi connectivity index (χ4n) is 1.57. The number of rotatable bonds is 2. The molecular formula is C13H10Cl2FN. The SMILES string of the molecule is NC(c1ccc(F)cc1)c1ccc(Cl)c(Cl)c1. The van der Waals surface area contributed by atoms with E-state index >= 15 is 0 Å². The first-order chi connectivity index (χ1) is 8.08. The molecule has 0 aliphatic rings. The first-order valence-corrected chi connectivity index (χ1v) is 5.79. The molecule has 1 unspecified atom stereocenters. The highest BCUT2D eigenvalue weighted by Gasteiger charge is 2.10. The van der Waals surface area contributed by atoms with Crippen LogP contribution >= 0.6 is 23.2 Å². The van der Waals surface area contributed by atoms with Crippen molar-refractivity contribution in [2.24, 2.45) is 5.73 Å². The molecule has 0 aliphatic carbocycles. The van der Waals surface area contributed by atoms with Gasteiger partial charge in [0.25, 0.3) is 0 Å². The van der Waals surface area contributed by atoms with Gasteiger partial charge in [-0.15, -0.1) is 0 Å². The fraction of sp³-hybridized carbons (Fsp3) is 0.0769. The van der Waals surface area contributed by atoms with Crippen molar-refractivity contribution in [3.8, 4) is 0 Å². The van der Waals surface area contributed by atoms with Crippen LogP contribution in [0.5, 0.6) is 0 Å². The monoisotopic (exact) mass is 269 g/mol. The van der Waals surface area contributed by atoms with E-state index in [-0.39, 0.29) is 11.9 Å². The van der Waals surface area contributed by atoms with Crippen LogP contribution in [0.15, 0.2) is 42.5 Å². The predicted molar refractivity (Wildman–Crippen MR) is 68.9 cm³/mol. The van der Waals surface area contributed by atoms with Crippen LogP contribution in [-0.2, 0) is 0 Å². The van der Waals surface area contributed by atoms with Crippen LogP contribution in [0, 0.1) is 5.82 Å². The minimum absolute atomic E-state index is 0.282. The van der Waals surface area contributed by atoms with Crippen molar-refractivity contribution in [3.05, 3.63) is 69.5 Å². The molecule has 4 heteroatoms. The van der Waals surface area contributed by atoms with E-state index in [0.29, 0.717) is 10.0 Å². The Hall–Kier alpha value is -1.09. The highest BCUT2D eigenvalue weighted by molar-refractivity contribution is 6.42. The maximum absolute atomic E-state index is 12.8. The average molecular weight is 270 g/mol. The van der Waals surface area contributed by atoms with Crippen molar-refractivity contribution in [1.82, 2.24) is 0 Å². The molecule has 0 saturated heterocycles. The van der Waals surface area contributed by atoms with Crippen LogP contribution in [0.3, 0.4) is 0 Å². The fourth-order valence-corrected chi connectivity index (χ4v) is 1.87. The summed E-state index contributed by atoms with van der Waals surface area (Å²) < 4.78 is 12.8. The Kier molecular flexibility index (Phi) is 3.67. The summed E-state index contributed by atoms with van der Waals surface area (Å²) in [4.78, 5) is 0. The highest BCUT2D eigenvalue weighted by Crippen LogP contribution is 2.27. The van der Waals surface area contributed by atoms with E-state index in [1.54, 1.807) is 24.3 Å². The van der Waals surface area contributed by atoms with E-state index in [2.05, 4.69) is 0 Å². The average Bonchev–Trinajstić information content (AvgIpc) is 2.33. The molecule has 0 aliphatic heterocycles. The summed E-state index contributed by atoms with van der Waals surface area (Å²) in [6, 6.07) is 11.0. The molecule has 0 amide bonds. The summed E-state index contributed by atoms with van der Waals surface area (Å²) >= 11 is 11.8. The minimum atomic E-state index is -0.342. The summed E-state index contributed by atoms with van der Waals surface area (Å²) in [7, 11) is 0. The van der Waals surface area contributed by atoms with E-state index in [1.165, 1.54) is 12.1 Å². The van der Waals surface area contributed by atoms with Crippen LogP contribution in [0.1, 0.15) is 17.2 Å². The number of hydrogen-bond acceptors (Lipinski definition) is 1. The number of halogens is 3. The lowest BCUT2D eigenvalue weighted by molar-refractivity contribution is 0.626. The molecule has 1 atom stereocenters. The van der Waals surface area contributed by atoms with E-state index < -0.39 is 0 Å². The van der Waals surface area contributed by atoms with Gasteiger partial charge >= 0.3 is 0 Å². The molecule has 0 saturated carbocycles. The van der Waals surface area contributed by atoms with Crippen LogP contribution < -0.4 is 5.73 Å². The normalized spacial score (nSPS) is 12.5. The first kappa shape index (κ1) is 12.4. The van der Waals surface area contributed by atoms with Crippen LogP contribution in [0.25, 0.3) is 0 Å². The summed E-state index contributed by atoms with van der Waals surface area (Å²) in [5.41, 5.74) is 7.72. The quantitative estimate of drug-likeness (QED) is 0.870. The van der Waals surface area contributed by atoms with Crippen molar-refractivity contribution in [3.63, 3.8) is 0 Å². The molecule has 0 heterocycles. The van der Waals surface area contributed by atoms with E-state index in [1.807, 2.05) is 6.07 Å². The lowest BCUT2D eigenvalue weighted by Crippen LogP contribution is -2.11. The lowest BCUT2D eigenvalue weighted by atomic mass is 10.00. The maximum atomic E-state index is 12.8. The van der Waals surface area contributed by atoms with Crippen molar-refractivity contribution >= 4 is 23.2 Å². The smallest absolute Gasteiger partial charge is 0.123 e. The molecule has 2 aromatic rings. The van der Waals surface area contributed by atoms with Crippen LogP contribution in [0.4, 0.5) is 4.39 Å². The van der Waals surface area contributed by atoms with Crippen molar-refractivity contribution in [2.45, 2.75) is 6.04 Å². The van der Waals surface area contributed by atoms with E-state index in [9.17, 15) is 4.39 Å². The minimum Gasteiger partial charge on any atom is -0.320 e. The Morgan fingerprint density at radius 2 is 1.47 bits per heavy atom. The molecule has 1 nitrogen and oxygen atoms in total. The number of benzene rings is 2. The van der Waals surface area contributed by atoms with Gasteiger partial charge in [-0.2, -0.15) is 0 Å². The molecule has 0 radical (unpaired) electrons. The van der Waals surface area contributed by atoms with Gasteiger partial charge in [0.2, 0.25) is 0 Å². The Labute approximate surface area is 109 Å². The predicted octanol–water partition coefficient (Wildman–Crippen LogP) is 4.18. The first-order valence-electron chi connectivity index (χ1n) is 5.04. The Bertz CT molecular complexity index is 525. The van der Waals surface area contributed by atoms with E-state index in [4.69, 9.17) is 28.9 Å². The Morgan fingerprint density at radius 3 is 2.06 bits per heavy atom. The Morgan fingerprint density at radius 1 is 0.882 bits per heavy atom. The molecule has 0 spiro atoms. The zero-order valence-electron chi connectivity index (χ0n) is 8.83. The van der Waals surface area contributed by atoms with Gasteiger partial charge in [0.1, 0.15) is 5.82 Å². The van der Waals surface area contributed by atoms with Gasteiger partial charge in [0.05, 0.1) is 16.1 Å². The van der Waals surface area contributed by atoms with Gasteiger partial charge in [-0.1, -0.05) is 41.4 Å². The third kappa shape index (κ3) is 2.78. The van der Waals surface area contributed by atoms with Gasteiger partial charge < -0.3 is 5.73 Å². The second kappa shape index (κ2) is 5.05. The molecule has 88 valence electrons. The second-order valence-corrected chi connectivity index (χ2v) is 4.52. The van der Waals surface area contributed by atoms with E-state index in [0.717, 1.165) is 11.1 Å². The van der Waals surface area contributed by atoms with Crippen LogP contribution in [0.2, 0.25) is 10.0 Å². The van der Waals surface area contributed by atoms with Gasteiger partial charge in [-0.05, 0) is 35.4 Å². The molecule has 2 N–H and O–H groups in total. The number of nitrogens with two attached hydrogens (primary N) is 1. The van der Waals surface area contributed by atoms with Crippen molar-refractivity contribution in [1.29, 1.82) is 0 Å². The van der Waals surface area contributed by atoms with Gasteiger partial charge in [-0.25, -0.2) is 4.39 Å². The Balaban J connectivity index is 2.33. The zero-order valence-corrected chi connectivity index (χ0v) is 10.3. The maximum Gasteiger partial charge on any atom is 0.123 e. The topological polar surface area (TPSA) is 26.0 Å². The lowest BCUT2D eigenvalue weighted by Gasteiger charge is -2.13. The van der Waals surface area contributed by atoms with Gasteiger partial charge in [0.15, 0.2) is 0 Å². The van der Waals surface area contributed by atoms with Gasteiger partial charge in [-0.3, -0.25) is 0 Å². The van der Waals surface area contributed by atoms with Gasteiger partial charge in [0, 0.05) is 0 Å². The molecule has 2 rings (SSSR count). The van der Waals surface area contributed by atoms with Crippen LogP contribution in [-0.4, -0.2) is 0 Å². The summed E-state index contributed by atoms with van der Waals surface area (Å²) in [6.45, 7) is 0. The molecular weight excluding hydrogens is 260 g/mol. The third-order valence-electron chi connectivity index (χ3n) is 2.53. The second-order valence-electron chi connectivity index (χ2n) is 3.70. The standard InChI is InChI=1S/C13H10Cl2FN/c14-11-6-3-9(7-12(11)15)13(17)8-1-4-10(16)5-2-8/h1-7,13H,17H2. The highest BCUT2D eigenvalue weighted by atomic mass is 35.5.